The predicted octanol–water partition coefficient (Wildman–Crippen LogP) is 1.21. The highest BCUT2D eigenvalue weighted by Gasteiger charge is 2.34. The van der Waals surface area contributed by atoms with E-state index in [1.54, 1.807) is 8.61 Å². The number of hydrogen-bond acceptors (Lipinski definition) is 3. The van der Waals surface area contributed by atoms with E-state index in [1.807, 2.05) is 0 Å². The molecule has 1 unspecified atom stereocenters. The summed E-state index contributed by atoms with van der Waals surface area (Å²) in [6.07, 6.45) is 3.09. The highest BCUT2D eigenvalue weighted by molar-refractivity contribution is 7.86. The fourth-order valence-corrected chi connectivity index (χ4v) is 4.99. The standard InChI is InChI=1S/C13H26ClN3O2S/c1-2-5-15-7-9-16(10-8-15)20(18,19)17-6-3-4-13(11-14)12-17/h13H,2-12H2,1H3. The fraction of sp³-hybridized carbons (Fsp3) is 1.00. The molecule has 118 valence electrons. The van der Waals surface area contributed by atoms with Crippen molar-refractivity contribution in [3.63, 3.8) is 0 Å². The van der Waals surface area contributed by atoms with Gasteiger partial charge in [-0.3, -0.25) is 0 Å². The van der Waals surface area contributed by atoms with Crippen LogP contribution in [0.4, 0.5) is 0 Å². The van der Waals surface area contributed by atoms with E-state index >= 15 is 0 Å². The molecule has 2 aliphatic rings. The van der Waals surface area contributed by atoms with Crippen molar-refractivity contribution in [2.75, 3.05) is 51.7 Å². The lowest BCUT2D eigenvalue weighted by Crippen LogP contribution is -2.54. The Labute approximate surface area is 128 Å². The van der Waals surface area contributed by atoms with Crippen LogP contribution in [-0.4, -0.2) is 73.6 Å². The monoisotopic (exact) mass is 323 g/mol. The quantitative estimate of drug-likeness (QED) is 0.714. The summed E-state index contributed by atoms with van der Waals surface area (Å²) in [4.78, 5) is 2.34. The second-order valence-corrected chi connectivity index (χ2v) is 8.01. The molecule has 0 aromatic carbocycles. The normalized spacial score (nSPS) is 27.8. The van der Waals surface area contributed by atoms with Gasteiger partial charge in [0, 0.05) is 45.1 Å². The van der Waals surface area contributed by atoms with E-state index in [0.29, 0.717) is 38.0 Å². The van der Waals surface area contributed by atoms with Gasteiger partial charge in [0.1, 0.15) is 0 Å². The van der Waals surface area contributed by atoms with E-state index in [-0.39, 0.29) is 0 Å². The number of piperazine rings is 1. The number of piperidine rings is 1. The van der Waals surface area contributed by atoms with Crippen molar-refractivity contribution in [1.82, 2.24) is 13.5 Å². The molecule has 0 N–H and O–H groups in total. The fourth-order valence-electron chi connectivity index (χ4n) is 3.03. The first kappa shape index (κ1) is 16.5. The molecule has 2 heterocycles. The maximum atomic E-state index is 12.7. The van der Waals surface area contributed by atoms with Crippen LogP contribution < -0.4 is 0 Å². The molecule has 0 amide bonds. The molecule has 0 saturated carbocycles. The lowest BCUT2D eigenvalue weighted by molar-refractivity contribution is 0.175. The molecule has 2 saturated heterocycles. The maximum absolute atomic E-state index is 12.7. The molecule has 0 bridgehead atoms. The maximum Gasteiger partial charge on any atom is 0.282 e. The minimum atomic E-state index is -3.29. The van der Waals surface area contributed by atoms with Crippen LogP contribution in [0, 0.1) is 5.92 Å². The van der Waals surface area contributed by atoms with Crippen LogP contribution in [0.5, 0.6) is 0 Å². The lowest BCUT2D eigenvalue weighted by Gasteiger charge is -2.39. The molecular weight excluding hydrogens is 298 g/mol. The summed E-state index contributed by atoms with van der Waals surface area (Å²) >= 11 is 5.89. The number of hydrogen-bond donors (Lipinski definition) is 0. The number of halogens is 1. The molecule has 2 aliphatic heterocycles. The Morgan fingerprint density at radius 3 is 2.40 bits per heavy atom. The Bertz CT molecular complexity index is 396. The van der Waals surface area contributed by atoms with Gasteiger partial charge in [-0.1, -0.05) is 6.92 Å². The van der Waals surface area contributed by atoms with Gasteiger partial charge in [-0.15, -0.1) is 11.6 Å². The summed E-state index contributed by atoms with van der Waals surface area (Å²) in [6.45, 7) is 7.37. The van der Waals surface area contributed by atoms with Gasteiger partial charge in [0.25, 0.3) is 10.2 Å². The SMILES string of the molecule is CCCN1CCN(S(=O)(=O)N2CCCC(CCl)C2)CC1. The van der Waals surface area contributed by atoms with Crippen molar-refractivity contribution in [3.05, 3.63) is 0 Å². The summed E-state index contributed by atoms with van der Waals surface area (Å²) in [7, 11) is -3.29. The van der Waals surface area contributed by atoms with Gasteiger partial charge in [-0.25, -0.2) is 0 Å². The number of nitrogens with zero attached hydrogens (tertiary/aromatic N) is 3. The summed E-state index contributed by atoms with van der Waals surface area (Å²) in [6, 6.07) is 0. The first-order valence-electron chi connectivity index (χ1n) is 7.61. The molecule has 0 aromatic rings. The first-order chi connectivity index (χ1) is 9.57. The Hall–Kier alpha value is 0.120. The largest absolute Gasteiger partial charge is 0.301 e. The minimum Gasteiger partial charge on any atom is -0.301 e. The van der Waals surface area contributed by atoms with Crippen LogP contribution in [-0.2, 0) is 10.2 Å². The zero-order chi connectivity index (χ0) is 14.6. The smallest absolute Gasteiger partial charge is 0.282 e. The summed E-state index contributed by atoms with van der Waals surface area (Å²) < 4.78 is 28.6. The highest BCUT2D eigenvalue weighted by atomic mass is 35.5. The molecular formula is C13H26ClN3O2S. The second-order valence-electron chi connectivity index (χ2n) is 5.77. The molecule has 0 spiro atoms. The van der Waals surface area contributed by atoms with Crippen LogP contribution in [0.2, 0.25) is 0 Å². The van der Waals surface area contributed by atoms with Crippen molar-refractivity contribution in [3.8, 4) is 0 Å². The van der Waals surface area contributed by atoms with Crippen LogP contribution in [0.15, 0.2) is 0 Å². The molecule has 0 aliphatic carbocycles. The Balaban J connectivity index is 1.93. The zero-order valence-electron chi connectivity index (χ0n) is 12.3. The Morgan fingerprint density at radius 1 is 1.10 bits per heavy atom. The van der Waals surface area contributed by atoms with Crippen molar-refractivity contribution < 1.29 is 8.42 Å². The Kier molecular flexibility index (Phi) is 6.10. The van der Waals surface area contributed by atoms with Crippen LogP contribution in [0.25, 0.3) is 0 Å². The van der Waals surface area contributed by atoms with E-state index in [1.165, 1.54) is 0 Å². The molecule has 20 heavy (non-hydrogen) atoms. The average molecular weight is 324 g/mol. The molecule has 1 atom stereocenters. The molecule has 2 rings (SSSR count). The van der Waals surface area contributed by atoms with Crippen molar-refractivity contribution >= 4 is 21.8 Å². The third-order valence-electron chi connectivity index (χ3n) is 4.22. The van der Waals surface area contributed by atoms with E-state index in [2.05, 4.69) is 11.8 Å². The first-order valence-corrected chi connectivity index (χ1v) is 9.54. The van der Waals surface area contributed by atoms with Gasteiger partial charge in [0.15, 0.2) is 0 Å². The topological polar surface area (TPSA) is 43.9 Å². The van der Waals surface area contributed by atoms with Crippen LogP contribution in [0.3, 0.4) is 0 Å². The zero-order valence-corrected chi connectivity index (χ0v) is 13.9. The van der Waals surface area contributed by atoms with Gasteiger partial charge in [0.05, 0.1) is 0 Å². The second kappa shape index (κ2) is 7.40. The van der Waals surface area contributed by atoms with Crippen LogP contribution in [0.1, 0.15) is 26.2 Å². The van der Waals surface area contributed by atoms with E-state index < -0.39 is 10.2 Å². The Morgan fingerprint density at radius 2 is 1.80 bits per heavy atom. The minimum absolute atomic E-state index is 0.307. The molecule has 0 radical (unpaired) electrons. The summed E-state index contributed by atoms with van der Waals surface area (Å²) in [5.41, 5.74) is 0. The summed E-state index contributed by atoms with van der Waals surface area (Å²) in [5, 5.41) is 0. The van der Waals surface area contributed by atoms with Gasteiger partial charge in [-0.2, -0.15) is 17.0 Å². The van der Waals surface area contributed by atoms with Gasteiger partial charge < -0.3 is 4.90 Å². The lowest BCUT2D eigenvalue weighted by atomic mass is 10.0. The van der Waals surface area contributed by atoms with Gasteiger partial charge in [0.2, 0.25) is 0 Å². The van der Waals surface area contributed by atoms with Gasteiger partial charge >= 0.3 is 0 Å². The van der Waals surface area contributed by atoms with Gasteiger partial charge in [-0.05, 0) is 31.7 Å². The molecule has 7 heteroatoms. The van der Waals surface area contributed by atoms with Crippen molar-refractivity contribution in [1.29, 1.82) is 0 Å². The summed E-state index contributed by atoms with van der Waals surface area (Å²) in [5.74, 6) is 0.859. The molecule has 0 aromatic heterocycles. The predicted molar refractivity (Wildman–Crippen MR) is 82.2 cm³/mol. The number of rotatable bonds is 5. The van der Waals surface area contributed by atoms with Crippen LogP contribution >= 0.6 is 11.6 Å². The van der Waals surface area contributed by atoms with Crippen molar-refractivity contribution in [2.45, 2.75) is 26.2 Å². The molecule has 2 fully saturated rings. The number of alkyl halides is 1. The average Bonchev–Trinajstić information content (AvgIpc) is 2.48. The third-order valence-corrected chi connectivity index (χ3v) is 6.66. The third kappa shape index (κ3) is 3.85. The van der Waals surface area contributed by atoms with E-state index in [0.717, 1.165) is 38.9 Å². The van der Waals surface area contributed by atoms with E-state index in [9.17, 15) is 8.42 Å². The van der Waals surface area contributed by atoms with E-state index in [4.69, 9.17) is 11.6 Å². The van der Waals surface area contributed by atoms with Crippen molar-refractivity contribution in [2.24, 2.45) is 5.92 Å². The molecule has 5 nitrogen and oxygen atoms in total. The highest BCUT2D eigenvalue weighted by Crippen LogP contribution is 2.22.